The minimum absolute atomic E-state index is 0.0515. The molecule has 2 aromatic rings. The Morgan fingerprint density at radius 1 is 1.05 bits per heavy atom. The normalized spacial score (nSPS) is 28.1. The molecule has 0 bridgehead atoms. The molecular formula is C28H30N2O8S. The van der Waals surface area contributed by atoms with Crippen LogP contribution >= 0.6 is 0 Å². The van der Waals surface area contributed by atoms with Crippen molar-refractivity contribution < 1.29 is 32.3 Å². The second kappa shape index (κ2) is 8.88. The number of nitro groups is 1. The van der Waals surface area contributed by atoms with Gasteiger partial charge in [-0.25, -0.2) is 8.42 Å². The average Bonchev–Trinajstić information content (AvgIpc) is 3.53. The monoisotopic (exact) mass is 554 g/mol. The van der Waals surface area contributed by atoms with Gasteiger partial charge in [0, 0.05) is 30.5 Å². The smallest absolute Gasteiger partial charge is 0.289 e. The second-order valence-corrected chi connectivity index (χ2v) is 13.0. The van der Waals surface area contributed by atoms with E-state index in [2.05, 4.69) is 0 Å². The number of fused-ring (bicyclic) bond motifs is 2. The fourth-order valence-electron chi connectivity index (χ4n) is 6.02. The van der Waals surface area contributed by atoms with E-state index < -0.39 is 37.9 Å². The minimum Gasteiger partial charge on any atom is -0.454 e. The Kier molecular flexibility index (Phi) is 5.92. The van der Waals surface area contributed by atoms with Crippen LogP contribution in [0.15, 0.2) is 71.2 Å². The molecule has 0 saturated carbocycles. The van der Waals surface area contributed by atoms with Crippen molar-refractivity contribution in [1.29, 1.82) is 0 Å². The van der Waals surface area contributed by atoms with E-state index >= 15 is 0 Å². The molecule has 6 rings (SSSR count). The first-order valence-corrected chi connectivity index (χ1v) is 14.2. The third-order valence-corrected chi connectivity index (χ3v) is 9.97. The summed E-state index contributed by atoms with van der Waals surface area (Å²) in [5, 5.41) is 11.8. The van der Waals surface area contributed by atoms with E-state index in [1.54, 1.807) is 0 Å². The number of nitro benzene ring substituents is 1. The Hall–Kier alpha value is -3.25. The lowest BCUT2D eigenvalue weighted by Crippen LogP contribution is -2.56. The Balaban J connectivity index is 1.53. The first-order valence-electron chi connectivity index (χ1n) is 12.8. The molecule has 3 aliphatic heterocycles. The topological polar surface area (TPSA) is 117 Å². The van der Waals surface area contributed by atoms with Crippen LogP contribution in [0, 0.1) is 15.5 Å². The van der Waals surface area contributed by atoms with Gasteiger partial charge in [0.05, 0.1) is 23.6 Å². The molecule has 10 nitrogen and oxygen atoms in total. The summed E-state index contributed by atoms with van der Waals surface area (Å²) < 4.78 is 53.6. The van der Waals surface area contributed by atoms with Gasteiger partial charge in [-0.1, -0.05) is 44.2 Å². The van der Waals surface area contributed by atoms with Gasteiger partial charge in [0.1, 0.15) is 0 Å². The van der Waals surface area contributed by atoms with E-state index in [1.165, 1.54) is 28.6 Å². The maximum Gasteiger partial charge on any atom is 0.289 e. The number of benzene rings is 2. The summed E-state index contributed by atoms with van der Waals surface area (Å²) in [4.78, 5) is 10.8. The molecule has 2 saturated heterocycles. The lowest BCUT2D eigenvalue weighted by Gasteiger charge is -2.49. The number of hydrogen-bond donors (Lipinski definition) is 0. The van der Waals surface area contributed by atoms with Gasteiger partial charge in [0.2, 0.25) is 6.79 Å². The Bertz CT molecular complexity index is 1510. The van der Waals surface area contributed by atoms with Crippen LogP contribution in [-0.4, -0.2) is 56.0 Å². The Morgan fingerprint density at radius 2 is 1.77 bits per heavy atom. The molecule has 2 aromatic carbocycles. The third kappa shape index (κ3) is 3.98. The first-order chi connectivity index (χ1) is 18.5. The predicted molar refractivity (Wildman–Crippen MR) is 141 cm³/mol. The summed E-state index contributed by atoms with van der Waals surface area (Å²) in [5.74, 6) is 0.0739. The highest BCUT2D eigenvalue weighted by Crippen LogP contribution is 2.55. The lowest BCUT2D eigenvalue weighted by atomic mass is 9.66. The number of para-hydroxylation sites is 1. The summed E-state index contributed by atoms with van der Waals surface area (Å²) in [6.45, 7) is 7.00. The van der Waals surface area contributed by atoms with Crippen LogP contribution in [0.25, 0.3) is 0 Å². The molecule has 2 atom stereocenters. The second-order valence-electron chi connectivity index (χ2n) is 11.1. The van der Waals surface area contributed by atoms with Crippen molar-refractivity contribution in [3.8, 4) is 11.5 Å². The molecule has 206 valence electrons. The van der Waals surface area contributed by atoms with Gasteiger partial charge < -0.3 is 18.9 Å². The summed E-state index contributed by atoms with van der Waals surface area (Å²) in [7, 11) is -4.31. The van der Waals surface area contributed by atoms with Crippen LogP contribution in [0.1, 0.15) is 32.8 Å². The summed E-state index contributed by atoms with van der Waals surface area (Å²) >= 11 is 0. The van der Waals surface area contributed by atoms with Crippen molar-refractivity contribution in [2.75, 3.05) is 26.6 Å². The van der Waals surface area contributed by atoms with Crippen LogP contribution in [0.2, 0.25) is 0 Å². The largest absolute Gasteiger partial charge is 0.454 e. The van der Waals surface area contributed by atoms with E-state index in [-0.39, 0.29) is 30.1 Å². The molecule has 39 heavy (non-hydrogen) atoms. The molecule has 2 fully saturated rings. The number of hydrogen-bond acceptors (Lipinski definition) is 8. The fraction of sp³-hybridized carbons (Fsp3) is 0.429. The lowest BCUT2D eigenvalue weighted by molar-refractivity contribution is -0.387. The minimum atomic E-state index is -4.31. The highest BCUT2D eigenvalue weighted by Gasteiger charge is 2.60. The van der Waals surface area contributed by atoms with E-state index in [0.717, 1.165) is 11.1 Å². The number of allylic oxidation sites excluding steroid dienone is 1. The standard InChI is InChI=1S/C28H30N2O8S/c1-4-19-15-29(39(33,34)24-8-6-5-7-21(24)30(31)32)25-14-27(37-16-26(2,3)17-38-27)11-12-28(19,25)20-9-10-22-23(13-20)36-18-35-22/h4-13,25H,14-18H2,1-3H3/b19-4+/t25-,28-/m0/s1. The zero-order valence-electron chi connectivity index (χ0n) is 22.0. The molecule has 3 heterocycles. The highest BCUT2D eigenvalue weighted by molar-refractivity contribution is 7.89. The van der Waals surface area contributed by atoms with Crippen molar-refractivity contribution >= 4 is 15.7 Å². The predicted octanol–water partition coefficient (Wildman–Crippen LogP) is 4.31. The van der Waals surface area contributed by atoms with Gasteiger partial charge >= 0.3 is 0 Å². The van der Waals surface area contributed by atoms with Gasteiger partial charge in [-0.2, -0.15) is 4.31 Å². The molecule has 1 aliphatic carbocycles. The van der Waals surface area contributed by atoms with Crippen LogP contribution < -0.4 is 9.47 Å². The Morgan fingerprint density at radius 3 is 2.49 bits per heavy atom. The maximum atomic E-state index is 14.3. The van der Waals surface area contributed by atoms with Gasteiger partial charge in [-0.15, -0.1) is 0 Å². The van der Waals surface area contributed by atoms with Gasteiger partial charge in [0.15, 0.2) is 22.2 Å². The van der Waals surface area contributed by atoms with Gasteiger partial charge in [-0.3, -0.25) is 10.1 Å². The summed E-state index contributed by atoms with van der Waals surface area (Å²) in [6.07, 6.45) is 5.99. The number of nitrogens with zero attached hydrogens (tertiary/aromatic N) is 2. The summed E-state index contributed by atoms with van der Waals surface area (Å²) in [6, 6.07) is 10.4. The van der Waals surface area contributed by atoms with Gasteiger partial charge in [0.25, 0.3) is 15.7 Å². The molecule has 0 unspecified atom stereocenters. The van der Waals surface area contributed by atoms with Crippen LogP contribution in [0.3, 0.4) is 0 Å². The van der Waals surface area contributed by atoms with Crippen LogP contribution in [0.4, 0.5) is 5.69 Å². The Labute approximate surface area is 227 Å². The number of ether oxygens (including phenoxy) is 4. The van der Waals surface area contributed by atoms with Crippen LogP contribution in [-0.2, 0) is 24.9 Å². The average molecular weight is 555 g/mol. The quantitative estimate of drug-likeness (QED) is 0.312. The SMILES string of the molecule is C/C=C1\CN(S(=O)(=O)c2ccccc2[N+](=O)[O-])[C@H]2CC3(C=C[C@@]12c1ccc2c(c1)OCO2)OCC(C)(C)CO3. The first kappa shape index (κ1) is 26.0. The van der Waals surface area contributed by atoms with Crippen molar-refractivity contribution in [2.45, 2.75) is 49.3 Å². The van der Waals surface area contributed by atoms with Crippen LogP contribution in [0.5, 0.6) is 11.5 Å². The van der Waals surface area contributed by atoms with E-state index in [9.17, 15) is 18.5 Å². The highest BCUT2D eigenvalue weighted by atomic mass is 32.2. The fourth-order valence-corrected chi connectivity index (χ4v) is 7.82. The molecule has 1 spiro atoms. The molecule has 4 aliphatic rings. The molecule has 0 amide bonds. The number of sulfonamides is 1. The van der Waals surface area contributed by atoms with E-state index in [1.807, 2.05) is 57.2 Å². The molecule has 11 heteroatoms. The molecule has 0 N–H and O–H groups in total. The molecule has 0 radical (unpaired) electrons. The molecular weight excluding hydrogens is 524 g/mol. The molecule has 0 aromatic heterocycles. The van der Waals surface area contributed by atoms with E-state index in [4.69, 9.17) is 18.9 Å². The van der Waals surface area contributed by atoms with Gasteiger partial charge in [-0.05, 0) is 42.3 Å². The van der Waals surface area contributed by atoms with E-state index in [0.29, 0.717) is 24.7 Å². The number of rotatable bonds is 4. The van der Waals surface area contributed by atoms with Crippen molar-refractivity contribution in [3.05, 3.63) is 81.9 Å². The third-order valence-electron chi connectivity index (χ3n) is 8.07. The van der Waals surface area contributed by atoms with Crippen molar-refractivity contribution in [3.63, 3.8) is 0 Å². The zero-order chi connectivity index (χ0) is 27.6. The summed E-state index contributed by atoms with van der Waals surface area (Å²) in [5.41, 5.74) is 0.138. The van der Waals surface area contributed by atoms with Crippen molar-refractivity contribution in [2.24, 2.45) is 5.41 Å². The van der Waals surface area contributed by atoms with Crippen molar-refractivity contribution in [1.82, 2.24) is 4.31 Å². The maximum absolute atomic E-state index is 14.3. The zero-order valence-corrected chi connectivity index (χ0v) is 22.8.